The van der Waals surface area contributed by atoms with Crippen molar-refractivity contribution in [1.82, 2.24) is 4.90 Å². The zero-order chi connectivity index (χ0) is 13.6. The van der Waals surface area contributed by atoms with E-state index in [9.17, 15) is 9.90 Å². The van der Waals surface area contributed by atoms with Gasteiger partial charge in [0, 0.05) is 24.7 Å². The molecule has 2 bridgehead atoms. The third-order valence-corrected chi connectivity index (χ3v) is 5.65. The molecule has 4 heteroatoms. The lowest BCUT2D eigenvalue weighted by Crippen LogP contribution is -2.49. The molecule has 0 aromatic rings. The molecule has 5 unspecified atom stereocenters. The fourth-order valence-corrected chi connectivity index (χ4v) is 4.47. The molecule has 3 fully saturated rings. The molecule has 19 heavy (non-hydrogen) atoms. The predicted octanol–water partition coefficient (Wildman–Crippen LogP) is 2.27. The van der Waals surface area contributed by atoms with Gasteiger partial charge < -0.3 is 9.84 Å². The maximum atomic E-state index is 11.4. The van der Waals surface area contributed by atoms with Crippen LogP contribution in [0.25, 0.3) is 0 Å². The Morgan fingerprint density at radius 2 is 2.16 bits per heavy atom. The van der Waals surface area contributed by atoms with E-state index in [1.54, 1.807) is 0 Å². The first-order valence-corrected chi connectivity index (χ1v) is 7.68. The first kappa shape index (κ1) is 13.4. The van der Waals surface area contributed by atoms with Crippen molar-refractivity contribution in [2.75, 3.05) is 6.61 Å². The van der Waals surface area contributed by atoms with Gasteiger partial charge in [0.05, 0.1) is 11.5 Å². The standard InChI is InChI=1S/C15H25NO3/c1-3-15(2)9-11(6-7-19-15)16-10-4-5-13(16)12(8-10)14(17)18/h10-13H,3-9H2,1-2H3,(H,17,18). The second-order valence-electron chi connectivity index (χ2n) is 6.72. The van der Waals surface area contributed by atoms with Gasteiger partial charge in [0.2, 0.25) is 0 Å². The number of nitrogens with zero attached hydrogens (tertiary/aromatic N) is 1. The van der Waals surface area contributed by atoms with Crippen LogP contribution in [0.2, 0.25) is 0 Å². The maximum absolute atomic E-state index is 11.4. The molecule has 1 N–H and O–H groups in total. The number of carboxylic acids is 1. The van der Waals surface area contributed by atoms with Gasteiger partial charge in [0.25, 0.3) is 0 Å². The largest absolute Gasteiger partial charge is 0.481 e. The molecule has 3 aliphatic heterocycles. The Morgan fingerprint density at radius 1 is 1.37 bits per heavy atom. The number of fused-ring (bicyclic) bond motifs is 2. The van der Waals surface area contributed by atoms with Gasteiger partial charge in [-0.25, -0.2) is 0 Å². The quantitative estimate of drug-likeness (QED) is 0.852. The van der Waals surface area contributed by atoms with Crippen molar-refractivity contribution < 1.29 is 14.6 Å². The molecular formula is C15H25NO3. The Labute approximate surface area is 115 Å². The van der Waals surface area contributed by atoms with Gasteiger partial charge in [-0.05, 0) is 45.4 Å². The summed E-state index contributed by atoms with van der Waals surface area (Å²) < 4.78 is 5.93. The molecule has 108 valence electrons. The predicted molar refractivity (Wildman–Crippen MR) is 72.1 cm³/mol. The minimum atomic E-state index is -0.595. The van der Waals surface area contributed by atoms with E-state index in [0.29, 0.717) is 12.1 Å². The molecule has 3 rings (SSSR count). The van der Waals surface area contributed by atoms with Crippen molar-refractivity contribution in [3.05, 3.63) is 0 Å². The molecular weight excluding hydrogens is 242 g/mol. The molecule has 3 heterocycles. The Hall–Kier alpha value is -0.610. The van der Waals surface area contributed by atoms with Crippen LogP contribution in [0.5, 0.6) is 0 Å². The van der Waals surface area contributed by atoms with Gasteiger partial charge in [0.1, 0.15) is 0 Å². The lowest BCUT2D eigenvalue weighted by atomic mass is 9.88. The number of ether oxygens (including phenoxy) is 1. The van der Waals surface area contributed by atoms with E-state index in [-0.39, 0.29) is 17.6 Å². The van der Waals surface area contributed by atoms with Crippen molar-refractivity contribution >= 4 is 5.97 Å². The zero-order valence-electron chi connectivity index (χ0n) is 12.0. The van der Waals surface area contributed by atoms with Gasteiger partial charge in [-0.3, -0.25) is 9.69 Å². The topological polar surface area (TPSA) is 49.8 Å². The Kier molecular flexibility index (Phi) is 3.34. The lowest BCUT2D eigenvalue weighted by molar-refractivity contribution is -0.143. The van der Waals surface area contributed by atoms with Gasteiger partial charge in [0.15, 0.2) is 0 Å². The van der Waals surface area contributed by atoms with Crippen LogP contribution in [0, 0.1) is 5.92 Å². The Morgan fingerprint density at radius 3 is 2.79 bits per heavy atom. The summed E-state index contributed by atoms with van der Waals surface area (Å²) in [4.78, 5) is 13.9. The Bertz CT molecular complexity index is 372. The molecule has 0 saturated carbocycles. The third kappa shape index (κ3) is 2.19. The van der Waals surface area contributed by atoms with Crippen LogP contribution in [0.15, 0.2) is 0 Å². The molecule has 0 aromatic carbocycles. The molecule has 5 atom stereocenters. The summed E-state index contributed by atoms with van der Waals surface area (Å²) in [6, 6.07) is 1.32. The van der Waals surface area contributed by atoms with E-state index in [1.165, 1.54) is 6.42 Å². The van der Waals surface area contributed by atoms with Crippen LogP contribution in [0.3, 0.4) is 0 Å². The molecule has 3 saturated heterocycles. The average Bonchev–Trinajstić information content (AvgIpc) is 2.96. The van der Waals surface area contributed by atoms with E-state index in [1.807, 2.05) is 0 Å². The number of hydrogen-bond acceptors (Lipinski definition) is 3. The number of hydrogen-bond donors (Lipinski definition) is 1. The lowest BCUT2D eigenvalue weighted by Gasteiger charge is -2.43. The molecule has 0 aromatic heterocycles. The molecule has 4 nitrogen and oxygen atoms in total. The summed E-state index contributed by atoms with van der Waals surface area (Å²) in [5.74, 6) is -0.725. The summed E-state index contributed by atoms with van der Waals surface area (Å²) in [6.45, 7) is 5.20. The number of aliphatic carboxylic acids is 1. The summed E-state index contributed by atoms with van der Waals surface area (Å²) in [6.07, 6.45) is 6.28. The van der Waals surface area contributed by atoms with Gasteiger partial charge in [-0.1, -0.05) is 6.92 Å². The van der Waals surface area contributed by atoms with Gasteiger partial charge in [-0.15, -0.1) is 0 Å². The van der Waals surface area contributed by atoms with Crippen LogP contribution in [-0.4, -0.2) is 46.3 Å². The summed E-state index contributed by atoms with van der Waals surface area (Å²) in [7, 11) is 0. The second-order valence-corrected chi connectivity index (χ2v) is 6.72. The van der Waals surface area contributed by atoms with Crippen molar-refractivity contribution in [1.29, 1.82) is 0 Å². The molecule has 0 radical (unpaired) electrons. The van der Waals surface area contributed by atoms with Crippen LogP contribution >= 0.6 is 0 Å². The highest BCUT2D eigenvalue weighted by atomic mass is 16.5. The SMILES string of the molecule is CCC1(C)CC(N2C3CCC2C(C(=O)O)C3)CCO1. The minimum absolute atomic E-state index is 0.0103. The van der Waals surface area contributed by atoms with Crippen molar-refractivity contribution in [3.63, 3.8) is 0 Å². The summed E-state index contributed by atoms with van der Waals surface area (Å²) in [5.41, 5.74) is -0.0103. The minimum Gasteiger partial charge on any atom is -0.481 e. The van der Waals surface area contributed by atoms with E-state index in [4.69, 9.17) is 4.74 Å². The summed E-state index contributed by atoms with van der Waals surface area (Å²) >= 11 is 0. The molecule has 0 aliphatic carbocycles. The monoisotopic (exact) mass is 267 g/mol. The molecule has 0 amide bonds. The average molecular weight is 267 g/mol. The third-order valence-electron chi connectivity index (χ3n) is 5.65. The van der Waals surface area contributed by atoms with E-state index in [0.717, 1.165) is 38.7 Å². The Balaban J connectivity index is 1.74. The van der Waals surface area contributed by atoms with Crippen LogP contribution in [-0.2, 0) is 9.53 Å². The first-order chi connectivity index (χ1) is 9.04. The van der Waals surface area contributed by atoms with Gasteiger partial charge >= 0.3 is 5.97 Å². The van der Waals surface area contributed by atoms with Gasteiger partial charge in [-0.2, -0.15) is 0 Å². The summed E-state index contributed by atoms with van der Waals surface area (Å²) in [5, 5.41) is 9.35. The second kappa shape index (κ2) is 4.74. The van der Waals surface area contributed by atoms with E-state index < -0.39 is 5.97 Å². The van der Waals surface area contributed by atoms with Crippen molar-refractivity contribution in [2.45, 2.75) is 76.1 Å². The zero-order valence-corrected chi connectivity index (χ0v) is 12.0. The number of carboxylic acid groups (broad SMARTS) is 1. The van der Waals surface area contributed by atoms with Crippen molar-refractivity contribution in [2.24, 2.45) is 5.92 Å². The van der Waals surface area contributed by atoms with E-state index >= 15 is 0 Å². The van der Waals surface area contributed by atoms with E-state index in [2.05, 4.69) is 18.7 Å². The van der Waals surface area contributed by atoms with Crippen molar-refractivity contribution in [3.8, 4) is 0 Å². The fraction of sp³-hybridized carbons (Fsp3) is 0.933. The molecule has 0 spiro atoms. The highest BCUT2D eigenvalue weighted by Crippen LogP contribution is 2.46. The number of carbonyl (C=O) groups is 1. The molecule has 3 aliphatic rings. The highest BCUT2D eigenvalue weighted by molar-refractivity contribution is 5.71. The number of rotatable bonds is 3. The fourth-order valence-electron chi connectivity index (χ4n) is 4.47. The smallest absolute Gasteiger partial charge is 0.308 e. The van der Waals surface area contributed by atoms with Crippen LogP contribution in [0.4, 0.5) is 0 Å². The normalized spacial score (nSPS) is 46.6. The van der Waals surface area contributed by atoms with Crippen LogP contribution < -0.4 is 0 Å². The first-order valence-electron chi connectivity index (χ1n) is 7.68. The maximum Gasteiger partial charge on any atom is 0.308 e. The van der Waals surface area contributed by atoms with Crippen LogP contribution in [0.1, 0.15) is 52.4 Å². The highest BCUT2D eigenvalue weighted by Gasteiger charge is 2.52.